The normalized spacial score (nSPS) is 19.9. The van der Waals surface area contributed by atoms with Gasteiger partial charge in [-0.25, -0.2) is 4.79 Å². The molecule has 0 bridgehead atoms. The average molecular weight is 335 g/mol. The second kappa shape index (κ2) is 7.96. The summed E-state index contributed by atoms with van der Waals surface area (Å²) in [6.45, 7) is 0.914. The van der Waals surface area contributed by atoms with Crippen molar-refractivity contribution in [1.82, 2.24) is 20.5 Å². The fraction of sp³-hybridized carbons (Fsp3) is 0.562. The van der Waals surface area contributed by atoms with Crippen molar-refractivity contribution < 1.29 is 14.7 Å². The van der Waals surface area contributed by atoms with E-state index in [4.69, 9.17) is 0 Å². The highest BCUT2D eigenvalue weighted by atomic mass is 16.3. The number of aliphatic hydroxyl groups excluding tert-OH is 1. The first kappa shape index (κ1) is 18.0. The van der Waals surface area contributed by atoms with E-state index in [1.165, 1.54) is 4.90 Å². The zero-order chi connectivity index (χ0) is 17.7. The Morgan fingerprint density at radius 1 is 1.42 bits per heavy atom. The summed E-state index contributed by atoms with van der Waals surface area (Å²) in [5, 5.41) is 15.4. The topological polar surface area (TPSA) is 97.8 Å². The van der Waals surface area contributed by atoms with Crippen LogP contribution in [0.25, 0.3) is 0 Å². The first-order chi connectivity index (χ1) is 11.4. The van der Waals surface area contributed by atoms with Crippen LogP contribution in [0.2, 0.25) is 0 Å². The molecule has 1 aliphatic heterocycles. The molecule has 24 heavy (non-hydrogen) atoms. The van der Waals surface area contributed by atoms with Gasteiger partial charge in [-0.15, -0.1) is 0 Å². The largest absolute Gasteiger partial charge is 0.391 e. The first-order valence-electron chi connectivity index (χ1n) is 7.94. The Labute approximate surface area is 141 Å². The van der Waals surface area contributed by atoms with E-state index in [2.05, 4.69) is 15.6 Å². The highest BCUT2D eigenvalue weighted by molar-refractivity contribution is 5.77. The maximum atomic E-state index is 12.2. The molecule has 0 aromatic carbocycles. The highest BCUT2D eigenvalue weighted by Crippen LogP contribution is 2.20. The number of rotatable bonds is 5. The van der Waals surface area contributed by atoms with E-state index in [9.17, 15) is 14.7 Å². The van der Waals surface area contributed by atoms with E-state index in [1.54, 1.807) is 13.2 Å². The third-order valence-corrected chi connectivity index (χ3v) is 4.16. The molecule has 3 N–H and O–H groups in total. The Morgan fingerprint density at radius 2 is 2.17 bits per heavy atom. The molecule has 2 atom stereocenters. The lowest BCUT2D eigenvalue weighted by Gasteiger charge is -2.17. The zero-order valence-electron chi connectivity index (χ0n) is 14.3. The molecular formula is C16H25N5O3. The highest BCUT2D eigenvalue weighted by Gasteiger charge is 2.35. The Morgan fingerprint density at radius 3 is 2.83 bits per heavy atom. The fourth-order valence-corrected chi connectivity index (χ4v) is 2.68. The minimum absolute atomic E-state index is 0.133. The number of pyridine rings is 1. The summed E-state index contributed by atoms with van der Waals surface area (Å²) in [6.07, 6.45) is 1.24. The molecule has 1 saturated heterocycles. The summed E-state index contributed by atoms with van der Waals surface area (Å²) in [7, 11) is 5.44. The number of aliphatic hydroxyl groups is 1. The SMILES string of the molecule is CNC(=O)C[C@@H]1CN(C(=O)NCc2cc(N(C)C)ccn2)C[C@H]1O. The number of nitrogens with one attached hydrogen (secondary N) is 2. The third kappa shape index (κ3) is 4.58. The summed E-state index contributed by atoms with van der Waals surface area (Å²) in [6, 6.07) is 3.55. The van der Waals surface area contributed by atoms with E-state index in [-0.39, 0.29) is 30.8 Å². The maximum Gasteiger partial charge on any atom is 0.317 e. The number of aromatic nitrogens is 1. The van der Waals surface area contributed by atoms with Crippen molar-refractivity contribution in [2.45, 2.75) is 19.1 Å². The van der Waals surface area contributed by atoms with Crippen LogP contribution >= 0.6 is 0 Å². The van der Waals surface area contributed by atoms with E-state index in [0.29, 0.717) is 13.1 Å². The molecule has 132 valence electrons. The predicted octanol–water partition coefficient (Wildman–Crippen LogP) is -0.214. The van der Waals surface area contributed by atoms with Crippen LogP contribution in [0.3, 0.4) is 0 Å². The Balaban J connectivity index is 1.87. The van der Waals surface area contributed by atoms with Crippen molar-refractivity contribution in [1.29, 1.82) is 0 Å². The lowest BCUT2D eigenvalue weighted by atomic mass is 10.0. The van der Waals surface area contributed by atoms with Gasteiger partial charge in [0.15, 0.2) is 0 Å². The van der Waals surface area contributed by atoms with Crippen molar-refractivity contribution in [3.05, 3.63) is 24.0 Å². The van der Waals surface area contributed by atoms with E-state index >= 15 is 0 Å². The smallest absolute Gasteiger partial charge is 0.317 e. The molecule has 0 radical (unpaired) electrons. The minimum atomic E-state index is -0.678. The van der Waals surface area contributed by atoms with Gasteiger partial charge in [0.1, 0.15) is 0 Å². The van der Waals surface area contributed by atoms with Crippen LogP contribution in [0.1, 0.15) is 12.1 Å². The van der Waals surface area contributed by atoms with Crippen LogP contribution in [0.15, 0.2) is 18.3 Å². The molecule has 0 aliphatic carbocycles. The molecule has 1 fully saturated rings. The molecule has 2 rings (SSSR count). The molecule has 8 nitrogen and oxygen atoms in total. The van der Waals surface area contributed by atoms with Gasteiger partial charge in [-0.1, -0.05) is 0 Å². The first-order valence-corrected chi connectivity index (χ1v) is 7.94. The number of carbonyl (C=O) groups is 2. The van der Waals surface area contributed by atoms with Gasteiger partial charge < -0.3 is 25.5 Å². The summed E-state index contributed by atoms with van der Waals surface area (Å²) >= 11 is 0. The van der Waals surface area contributed by atoms with E-state index < -0.39 is 6.10 Å². The van der Waals surface area contributed by atoms with Gasteiger partial charge in [-0.2, -0.15) is 0 Å². The lowest BCUT2D eigenvalue weighted by Crippen LogP contribution is -2.38. The number of amides is 3. The molecule has 0 unspecified atom stereocenters. The van der Waals surface area contributed by atoms with Crippen LogP contribution in [-0.2, 0) is 11.3 Å². The second-order valence-corrected chi connectivity index (χ2v) is 6.17. The summed E-state index contributed by atoms with van der Waals surface area (Å²) in [4.78, 5) is 31.4. The van der Waals surface area contributed by atoms with Crippen LogP contribution < -0.4 is 15.5 Å². The zero-order valence-corrected chi connectivity index (χ0v) is 14.3. The summed E-state index contributed by atoms with van der Waals surface area (Å²) < 4.78 is 0. The third-order valence-electron chi connectivity index (χ3n) is 4.16. The van der Waals surface area contributed by atoms with Crippen molar-refractivity contribution in [3.8, 4) is 0 Å². The van der Waals surface area contributed by atoms with Crippen LogP contribution in [0.4, 0.5) is 10.5 Å². The second-order valence-electron chi connectivity index (χ2n) is 6.17. The molecule has 2 heterocycles. The molecule has 0 saturated carbocycles. The summed E-state index contributed by atoms with van der Waals surface area (Å²) in [5.74, 6) is -0.364. The van der Waals surface area contributed by atoms with Crippen LogP contribution in [0.5, 0.6) is 0 Å². The van der Waals surface area contributed by atoms with Gasteiger partial charge in [0.05, 0.1) is 18.3 Å². The van der Waals surface area contributed by atoms with Crippen molar-refractivity contribution in [3.63, 3.8) is 0 Å². The molecule has 1 aromatic heterocycles. The predicted molar refractivity (Wildman–Crippen MR) is 90.6 cm³/mol. The number of hydrogen-bond acceptors (Lipinski definition) is 5. The quantitative estimate of drug-likeness (QED) is 0.691. The molecule has 8 heteroatoms. The number of nitrogens with zero attached hydrogens (tertiary/aromatic N) is 3. The number of carbonyl (C=O) groups excluding carboxylic acids is 2. The molecular weight excluding hydrogens is 310 g/mol. The van der Waals surface area contributed by atoms with Crippen molar-refractivity contribution in [2.75, 3.05) is 39.1 Å². The van der Waals surface area contributed by atoms with Gasteiger partial charge in [0, 0.05) is 58.5 Å². The maximum absolute atomic E-state index is 12.2. The van der Waals surface area contributed by atoms with Gasteiger partial charge in [-0.05, 0) is 12.1 Å². The average Bonchev–Trinajstić information content (AvgIpc) is 2.93. The number of β-amino-alcohol motifs (C(OH)–C–C–N with tert-alkyl or cyclic N) is 1. The molecule has 1 aromatic rings. The molecule has 3 amide bonds. The van der Waals surface area contributed by atoms with Crippen LogP contribution in [-0.4, -0.2) is 67.3 Å². The van der Waals surface area contributed by atoms with Crippen molar-refractivity contribution >= 4 is 17.6 Å². The molecule has 1 aliphatic rings. The molecule has 0 spiro atoms. The summed E-state index contributed by atoms with van der Waals surface area (Å²) in [5.41, 5.74) is 1.77. The van der Waals surface area contributed by atoms with Gasteiger partial charge in [0.25, 0.3) is 0 Å². The number of likely N-dealkylation sites (tertiary alicyclic amines) is 1. The Hall–Kier alpha value is -2.35. The monoisotopic (exact) mass is 335 g/mol. The minimum Gasteiger partial charge on any atom is -0.391 e. The number of hydrogen-bond donors (Lipinski definition) is 3. The van der Waals surface area contributed by atoms with Gasteiger partial charge >= 0.3 is 6.03 Å². The Bertz CT molecular complexity index is 593. The van der Waals surface area contributed by atoms with Crippen molar-refractivity contribution in [2.24, 2.45) is 5.92 Å². The van der Waals surface area contributed by atoms with Gasteiger partial charge in [-0.3, -0.25) is 9.78 Å². The lowest BCUT2D eigenvalue weighted by molar-refractivity contribution is -0.122. The fourth-order valence-electron chi connectivity index (χ4n) is 2.68. The standard InChI is InChI=1S/C16H25N5O3/c1-17-15(23)6-11-9-21(10-14(11)22)16(24)19-8-12-7-13(20(2)3)4-5-18-12/h4-5,7,11,14,22H,6,8-10H2,1-3H3,(H,17,23)(H,19,24)/t11-,14-/m1/s1. The van der Waals surface area contributed by atoms with E-state index in [1.807, 2.05) is 31.1 Å². The Kier molecular flexibility index (Phi) is 5.97. The van der Waals surface area contributed by atoms with Crippen LogP contribution in [0, 0.1) is 5.92 Å². The number of anilines is 1. The number of urea groups is 1. The van der Waals surface area contributed by atoms with E-state index in [0.717, 1.165) is 11.4 Å². The van der Waals surface area contributed by atoms with Gasteiger partial charge in [0.2, 0.25) is 5.91 Å².